The molecule has 3 heterocycles. The van der Waals surface area contributed by atoms with Gasteiger partial charge in [-0.1, -0.05) is 17.7 Å². The average molecular weight is 409 g/mol. The van der Waals surface area contributed by atoms with E-state index in [1.54, 1.807) is 23.2 Å². The van der Waals surface area contributed by atoms with Gasteiger partial charge in [0, 0.05) is 37.7 Å². The van der Waals surface area contributed by atoms with Crippen LogP contribution in [0.15, 0.2) is 35.4 Å². The van der Waals surface area contributed by atoms with Crippen molar-refractivity contribution in [1.82, 2.24) is 19.0 Å². The highest BCUT2D eigenvalue weighted by Crippen LogP contribution is 2.23. The Morgan fingerprint density at radius 3 is 2.59 bits per heavy atom. The molecule has 0 spiro atoms. The predicted octanol–water partition coefficient (Wildman–Crippen LogP) is 2.02. The highest BCUT2D eigenvalue weighted by molar-refractivity contribution is 7.89. The summed E-state index contributed by atoms with van der Waals surface area (Å²) < 4.78 is 28.9. The molecule has 7 nitrogen and oxygen atoms in total. The number of hydrogen-bond acceptors (Lipinski definition) is 4. The van der Waals surface area contributed by atoms with Gasteiger partial charge in [0.25, 0.3) is 5.91 Å². The molecule has 1 aromatic heterocycles. The second kappa shape index (κ2) is 7.26. The molecule has 0 unspecified atom stereocenters. The van der Waals surface area contributed by atoms with E-state index in [2.05, 4.69) is 5.10 Å². The van der Waals surface area contributed by atoms with Crippen LogP contribution in [0.4, 0.5) is 0 Å². The molecule has 27 heavy (non-hydrogen) atoms. The van der Waals surface area contributed by atoms with E-state index >= 15 is 0 Å². The lowest BCUT2D eigenvalue weighted by atomic mass is 10.1. The van der Waals surface area contributed by atoms with Gasteiger partial charge in [-0.3, -0.25) is 9.48 Å². The maximum absolute atomic E-state index is 12.9. The van der Waals surface area contributed by atoms with Crippen LogP contribution in [0.3, 0.4) is 0 Å². The normalized spacial score (nSPS) is 18.3. The molecule has 2 aliphatic heterocycles. The Kier molecular flexibility index (Phi) is 4.96. The van der Waals surface area contributed by atoms with Gasteiger partial charge in [-0.25, -0.2) is 8.42 Å². The van der Waals surface area contributed by atoms with Gasteiger partial charge in [0.15, 0.2) is 0 Å². The van der Waals surface area contributed by atoms with Crippen molar-refractivity contribution in [3.05, 3.63) is 46.7 Å². The molecule has 1 aromatic carbocycles. The Morgan fingerprint density at radius 2 is 1.85 bits per heavy atom. The summed E-state index contributed by atoms with van der Waals surface area (Å²) in [7, 11) is -3.61. The van der Waals surface area contributed by atoms with Crippen molar-refractivity contribution in [2.75, 3.05) is 26.2 Å². The molecule has 1 fully saturated rings. The van der Waals surface area contributed by atoms with Crippen LogP contribution in [0, 0.1) is 0 Å². The Hall–Kier alpha value is -1.90. The SMILES string of the molecule is O=C(c1cnn2c1CCCC2)N1CCN(S(=O)(=O)c2cccc(Cl)c2)CC1. The zero-order chi connectivity index (χ0) is 19.0. The maximum Gasteiger partial charge on any atom is 0.257 e. The van der Waals surface area contributed by atoms with Crippen LogP contribution in [0.1, 0.15) is 28.9 Å². The van der Waals surface area contributed by atoms with Crippen molar-refractivity contribution in [3.63, 3.8) is 0 Å². The summed E-state index contributed by atoms with van der Waals surface area (Å²) in [5.74, 6) is -0.0575. The van der Waals surface area contributed by atoms with Crippen LogP contribution in [-0.2, 0) is 23.0 Å². The van der Waals surface area contributed by atoms with Crippen LogP contribution in [0.5, 0.6) is 0 Å². The average Bonchev–Trinajstić information content (AvgIpc) is 3.12. The first-order valence-electron chi connectivity index (χ1n) is 9.06. The second-order valence-corrected chi connectivity index (χ2v) is 9.21. The van der Waals surface area contributed by atoms with Crippen LogP contribution < -0.4 is 0 Å². The summed E-state index contributed by atoms with van der Waals surface area (Å²) in [5.41, 5.74) is 1.65. The Labute approximate surface area is 163 Å². The number of aromatic nitrogens is 2. The summed E-state index contributed by atoms with van der Waals surface area (Å²) in [4.78, 5) is 14.8. The molecular formula is C18H21ClN4O3S. The molecule has 0 N–H and O–H groups in total. The minimum atomic E-state index is -3.61. The monoisotopic (exact) mass is 408 g/mol. The van der Waals surface area contributed by atoms with E-state index in [1.165, 1.54) is 16.4 Å². The van der Waals surface area contributed by atoms with Crippen LogP contribution in [0.2, 0.25) is 5.02 Å². The maximum atomic E-state index is 12.9. The number of fused-ring (bicyclic) bond motifs is 1. The molecule has 0 atom stereocenters. The van der Waals surface area contributed by atoms with Gasteiger partial charge in [-0.05, 0) is 37.5 Å². The number of amides is 1. The number of nitrogens with zero attached hydrogens (tertiary/aromatic N) is 4. The van der Waals surface area contributed by atoms with Crippen molar-refractivity contribution in [2.24, 2.45) is 0 Å². The van der Waals surface area contributed by atoms with Gasteiger partial charge in [0.05, 0.1) is 22.3 Å². The predicted molar refractivity (Wildman–Crippen MR) is 101 cm³/mol. The van der Waals surface area contributed by atoms with Gasteiger partial charge >= 0.3 is 0 Å². The summed E-state index contributed by atoms with van der Waals surface area (Å²) in [6.07, 6.45) is 4.67. The van der Waals surface area contributed by atoms with Crippen molar-refractivity contribution in [3.8, 4) is 0 Å². The third kappa shape index (κ3) is 3.49. The van der Waals surface area contributed by atoms with E-state index in [9.17, 15) is 13.2 Å². The van der Waals surface area contributed by atoms with Gasteiger partial charge in [0.1, 0.15) is 0 Å². The molecular weight excluding hydrogens is 388 g/mol. The molecule has 0 bridgehead atoms. The zero-order valence-corrected chi connectivity index (χ0v) is 16.4. The second-order valence-electron chi connectivity index (χ2n) is 6.84. The topological polar surface area (TPSA) is 75.5 Å². The lowest BCUT2D eigenvalue weighted by Crippen LogP contribution is -2.50. The van der Waals surface area contributed by atoms with E-state index in [0.29, 0.717) is 23.7 Å². The molecule has 1 saturated heterocycles. The molecule has 144 valence electrons. The number of halogens is 1. The van der Waals surface area contributed by atoms with E-state index < -0.39 is 10.0 Å². The van der Waals surface area contributed by atoms with Gasteiger partial charge in [-0.15, -0.1) is 0 Å². The molecule has 1 amide bonds. The van der Waals surface area contributed by atoms with Crippen molar-refractivity contribution in [2.45, 2.75) is 30.7 Å². The first kappa shape index (κ1) is 18.5. The van der Waals surface area contributed by atoms with Gasteiger partial charge in [-0.2, -0.15) is 9.40 Å². The highest BCUT2D eigenvalue weighted by Gasteiger charge is 2.32. The zero-order valence-electron chi connectivity index (χ0n) is 14.8. The Morgan fingerprint density at radius 1 is 1.07 bits per heavy atom. The minimum Gasteiger partial charge on any atom is -0.336 e. The van der Waals surface area contributed by atoms with Crippen molar-refractivity contribution < 1.29 is 13.2 Å². The summed E-state index contributed by atoms with van der Waals surface area (Å²) in [5, 5.41) is 4.71. The highest BCUT2D eigenvalue weighted by atomic mass is 35.5. The number of rotatable bonds is 3. The number of aryl methyl sites for hydroxylation is 1. The van der Waals surface area contributed by atoms with E-state index in [-0.39, 0.29) is 23.9 Å². The molecule has 4 rings (SSSR count). The van der Waals surface area contributed by atoms with Gasteiger partial charge < -0.3 is 4.90 Å². The number of hydrogen-bond donors (Lipinski definition) is 0. The molecule has 2 aromatic rings. The fraction of sp³-hybridized carbons (Fsp3) is 0.444. The third-order valence-electron chi connectivity index (χ3n) is 5.17. The first-order chi connectivity index (χ1) is 13.0. The Bertz CT molecular complexity index is 965. The molecule has 0 saturated carbocycles. The molecule has 0 radical (unpaired) electrons. The largest absolute Gasteiger partial charge is 0.336 e. The smallest absolute Gasteiger partial charge is 0.257 e. The summed E-state index contributed by atoms with van der Waals surface area (Å²) >= 11 is 5.93. The quantitative estimate of drug-likeness (QED) is 0.778. The minimum absolute atomic E-state index is 0.0575. The lowest BCUT2D eigenvalue weighted by Gasteiger charge is -2.34. The van der Waals surface area contributed by atoms with Crippen LogP contribution >= 0.6 is 11.6 Å². The number of benzene rings is 1. The molecule has 0 aliphatic carbocycles. The molecule has 9 heteroatoms. The lowest BCUT2D eigenvalue weighted by molar-refractivity contribution is 0.0696. The first-order valence-corrected chi connectivity index (χ1v) is 10.9. The van der Waals surface area contributed by atoms with Crippen molar-refractivity contribution >= 4 is 27.5 Å². The van der Waals surface area contributed by atoms with E-state index in [1.807, 2.05) is 4.68 Å². The summed E-state index contributed by atoms with van der Waals surface area (Å²) in [6, 6.07) is 6.26. The van der Waals surface area contributed by atoms with E-state index in [4.69, 9.17) is 11.6 Å². The van der Waals surface area contributed by atoms with Crippen LogP contribution in [0.25, 0.3) is 0 Å². The van der Waals surface area contributed by atoms with Crippen molar-refractivity contribution in [1.29, 1.82) is 0 Å². The Balaban J connectivity index is 1.46. The fourth-order valence-electron chi connectivity index (χ4n) is 3.68. The van der Waals surface area contributed by atoms with Gasteiger partial charge in [0.2, 0.25) is 10.0 Å². The number of carbonyl (C=O) groups excluding carboxylic acids is 1. The summed E-state index contributed by atoms with van der Waals surface area (Å²) in [6.45, 7) is 2.12. The number of sulfonamides is 1. The molecule has 2 aliphatic rings. The number of piperazine rings is 1. The third-order valence-corrected chi connectivity index (χ3v) is 7.30. The number of carbonyl (C=O) groups is 1. The van der Waals surface area contributed by atoms with Crippen LogP contribution in [-0.4, -0.2) is 59.5 Å². The fourth-order valence-corrected chi connectivity index (χ4v) is 5.40. The van der Waals surface area contributed by atoms with E-state index in [0.717, 1.165) is 31.5 Å². The standard InChI is InChI=1S/C18H21ClN4O3S/c19-14-4-3-5-15(12-14)27(25,26)22-10-8-21(9-11-22)18(24)16-13-20-23-7-2-1-6-17(16)23/h3-5,12-13H,1-2,6-11H2.